The Kier molecular flexibility index (Phi) is 6.04. The molecule has 144 valence electrons. The summed E-state index contributed by atoms with van der Waals surface area (Å²) in [6, 6.07) is 8.47. The van der Waals surface area contributed by atoms with Crippen molar-refractivity contribution in [2.24, 2.45) is 5.73 Å². The van der Waals surface area contributed by atoms with Gasteiger partial charge < -0.3 is 15.4 Å². The largest absolute Gasteiger partial charge is 0.495 e. The lowest BCUT2D eigenvalue weighted by Gasteiger charge is -2.38. The molecule has 0 aliphatic carbocycles. The molecule has 6 nitrogen and oxygen atoms in total. The second kappa shape index (κ2) is 8.29. The zero-order valence-corrected chi connectivity index (χ0v) is 16.8. The van der Waals surface area contributed by atoms with Gasteiger partial charge >= 0.3 is 0 Å². The summed E-state index contributed by atoms with van der Waals surface area (Å²) in [5.41, 5.74) is 6.46. The minimum Gasteiger partial charge on any atom is -0.495 e. The van der Waals surface area contributed by atoms with E-state index in [4.69, 9.17) is 22.1 Å². The van der Waals surface area contributed by atoms with E-state index in [2.05, 4.69) is 0 Å². The number of piperazine rings is 1. The third-order valence-corrected chi connectivity index (χ3v) is 5.93. The third-order valence-electron chi connectivity index (χ3n) is 4.66. The molecular weight excluding hydrogens is 386 g/mol. The first-order valence-corrected chi connectivity index (χ1v) is 9.82. The number of methoxy groups -OCH3 is 1. The monoisotopic (exact) mass is 407 g/mol. The van der Waals surface area contributed by atoms with Crippen LogP contribution < -0.4 is 10.5 Å². The molecule has 1 aliphatic heterocycles. The summed E-state index contributed by atoms with van der Waals surface area (Å²) in [5.74, 6) is 0.167. The molecule has 1 aliphatic rings. The van der Waals surface area contributed by atoms with Gasteiger partial charge in [0.2, 0.25) is 5.91 Å². The van der Waals surface area contributed by atoms with Crippen LogP contribution in [0.25, 0.3) is 0 Å². The number of rotatable bonds is 5. The number of amides is 2. The molecule has 1 saturated heterocycles. The molecule has 3 rings (SSSR count). The molecule has 1 atom stereocenters. The molecule has 1 aromatic carbocycles. The smallest absolute Gasteiger partial charge is 0.267 e. The van der Waals surface area contributed by atoms with Gasteiger partial charge in [-0.15, -0.1) is 11.3 Å². The predicted molar refractivity (Wildman–Crippen MR) is 106 cm³/mol. The fraction of sp³-hybridized carbons (Fsp3) is 0.368. The van der Waals surface area contributed by atoms with Gasteiger partial charge in [-0.1, -0.05) is 23.7 Å². The van der Waals surface area contributed by atoms with E-state index < -0.39 is 11.9 Å². The van der Waals surface area contributed by atoms with Crippen LogP contribution in [0.15, 0.2) is 30.3 Å². The van der Waals surface area contributed by atoms with E-state index in [9.17, 15) is 9.59 Å². The Labute approximate surface area is 167 Å². The van der Waals surface area contributed by atoms with Gasteiger partial charge in [0, 0.05) is 36.1 Å². The van der Waals surface area contributed by atoms with Gasteiger partial charge in [0.25, 0.3) is 5.91 Å². The standard InChI is InChI=1S/C19H22ClN3O3S/c1-12-11-15(26-2)17(27-12)19(25)23-9-7-22(8-10-23)16(18(21)24)13-3-5-14(20)6-4-13/h3-6,11,16H,7-10H2,1-2H3,(H2,21,24). The maximum Gasteiger partial charge on any atom is 0.267 e. The summed E-state index contributed by atoms with van der Waals surface area (Å²) in [7, 11) is 1.57. The summed E-state index contributed by atoms with van der Waals surface area (Å²) >= 11 is 7.37. The lowest BCUT2D eigenvalue weighted by Crippen LogP contribution is -2.51. The van der Waals surface area contributed by atoms with E-state index in [1.54, 1.807) is 24.1 Å². The van der Waals surface area contributed by atoms with E-state index in [1.807, 2.05) is 30.0 Å². The van der Waals surface area contributed by atoms with Crippen LogP contribution in [0.2, 0.25) is 5.02 Å². The number of primary amides is 1. The fourth-order valence-corrected chi connectivity index (χ4v) is 4.39. The summed E-state index contributed by atoms with van der Waals surface area (Å²) in [5, 5.41) is 0.609. The summed E-state index contributed by atoms with van der Waals surface area (Å²) in [4.78, 5) is 30.4. The molecule has 0 bridgehead atoms. The molecule has 0 saturated carbocycles. The molecular formula is C19H22ClN3O3S. The van der Waals surface area contributed by atoms with Gasteiger partial charge in [0.1, 0.15) is 16.7 Å². The fourth-order valence-electron chi connectivity index (χ4n) is 3.32. The van der Waals surface area contributed by atoms with Crippen LogP contribution >= 0.6 is 22.9 Å². The van der Waals surface area contributed by atoms with Crippen molar-refractivity contribution < 1.29 is 14.3 Å². The normalized spacial score (nSPS) is 16.2. The Morgan fingerprint density at radius 1 is 1.19 bits per heavy atom. The quantitative estimate of drug-likeness (QED) is 0.826. The number of halogens is 1. The van der Waals surface area contributed by atoms with Gasteiger partial charge in [0.05, 0.1) is 7.11 Å². The minimum absolute atomic E-state index is 0.0354. The van der Waals surface area contributed by atoms with Crippen molar-refractivity contribution in [2.45, 2.75) is 13.0 Å². The first kappa shape index (κ1) is 19.7. The van der Waals surface area contributed by atoms with E-state index in [-0.39, 0.29) is 5.91 Å². The highest BCUT2D eigenvalue weighted by Gasteiger charge is 2.31. The van der Waals surface area contributed by atoms with Crippen molar-refractivity contribution in [1.29, 1.82) is 0 Å². The lowest BCUT2D eigenvalue weighted by atomic mass is 10.0. The average Bonchev–Trinajstić information content (AvgIpc) is 3.04. The number of aryl methyl sites for hydroxylation is 1. The molecule has 0 spiro atoms. The van der Waals surface area contributed by atoms with Crippen molar-refractivity contribution in [3.05, 3.63) is 50.7 Å². The maximum atomic E-state index is 12.8. The lowest BCUT2D eigenvalue weighted by molar-refractivity contribution is -0.124. The third kappa shape index (κ3) is 4.26. The maximum absolute atomic E-state index is 12.8. The zero-order valence-electron chi connectivity index (χ0n) is 15.3. The number of ether oxygens (including phenoxy) is 1. The van der Waals surface area contributed by atoms with E-state index in [1.165, 1.54) is 11.3 Å². The molecule has 2 aromatic rings. The minimum atomic E-state index is -0.530. The number of carbonyl (C=O) groups is 2. The summed E-state index contributed by atoms with van der Waals surface area (Å²) in [6.45, 7) is 4.13. The number of carbonyl (C=O) groups excluding carboxylic acids is 2. The van der Waals surface area contributed by atoms with Crippen molar-refractivity contribution >= 4 is 34.8 Å². The molecule has 1 aromatic heterocycles. The van der Waals surface area contributed by atoms with Crippen molar-refractivity contribution in [1.82, 2.24) is 9.80 Å². The molecule has 2 N–H and O–H groups in total. The molecule has 27 heavy (non-hydrogen) atoms. The molecule has 8 heteroatoms. The Morgan fingerprint density at radius 2 is 1.81 bits per heavy atom. The zero-order chi connectivity index (χ0) is 19.6. The van der Waals surface area contributed by atoms with Gasteiger partial charge in [-0.05, 0) is 30.7 Å². The SMILES string of the molecule is COc1cc(C)sc1C(=O)N1CCN(C(C(N)=O)c2ccc(Cl)cc2)CC1. The number of nitrogens with zero attached hydrogens (tertiary/aromatic N) is 2. The number of thiophene rings is 1. The second-order valence-corrected chi connectivity index (χ2v) is 8.13. The Morgan fingerprint density at radius 3 is 2.37 bits per heavy atom. The van der Waals surface area contributed by atoms with Crippen LogP contribution in [0.1, 0.15) is 26.2 Å². The molecule has 2 amide bonds. The van der Waals surface area contributed by atoms with Crippen LogP contribution in [0, 0.1) is 6.92 Å². The van der Waals surface area contributed by atoms with Crippen molar-refractivity contribution in [3.63, 3.8) is 0 Å². The van der Waals surface area contributed by atoms with Crippen molar-refractivity contribution in [2.75, 3.05) is 33.3 Å². The highest BCUT2D eigenvalue weighted by atomic mass is 35.5. The number of benzene rings is 1. The van der Waals surface area contributed by atoms with Crippen LogP contribution in [0.3, 0.4) is 0 Å². The van der Waals surface area contributed by atoms with Crippen LogP contribution in [-0.2, 0) is 4.79 Å². The average molecular weight is 408 g/mol. The number of nitrogens with two attached hydrogens (primary N) is 1. The summed E-state index contributed by atoms with van der Waals surface area (Å²) < 4.78 is 5.32. The molecule has 2 heterocycles. The van der Waals surface area contributed by atoms with Crippen LogP contribution in [0.5, 0.6) is 5.75 Å². The molecule has 1 fully saturated rings. The van der Waals surface area contributed by atoms with Crippen LogP contribution in [0.4, 0.5) is 0 Å². The first-order valence-electron chi connectivity index (χ1n) is 8.63. The highest BCUT2D eigenvalue weighted by molar-refractivity contribution is 7.14. The number of hydrogen-bond donors (Lipinski definition) is 1. The van der Waals surface area contributed by atoms with Crippen LogP contribution in [-0.4, -0.2) is 54.9 Å². The van der Waals surface area contributed by atoms with E-state index >= 15 is 0 Å². The number of hydrogen-bond acceptors (Lipinski definition) is 5. The molecule has 1 unspecified atom stereocenters. The van der Waals surface area contributed by atoms with Gasteiger partial charge in [-0.25, -0.2) is 0 Å². The summed E-state index contributed by atoms with van der Waals surface area (Å²) in [6.07, 6.45) is 0. The van der Waals surface area contributed by atoms with Crippen molar-refractivity contribution in [3.8, 4) is 5.75 Å². The Balaban J connectivity index is 1.70. The molecule has 0 radical (unpaired) electrons. The Hall–Kier alpha value is -2.09. The van der Waals surface area contributed by atoms with Gasteiger partial charge in [-0.2, -0.15) is 0 Å². The second-order valence-electron chi connectivity index (χ2n) is 6.44. The first-order chi connectivity index (χ1) is 12.9. The van der Waals surface area contributed by atoms with E-state index in [0.29, 0.717) is 41.8 Å². The predicted octanol–water partition coefficient (Wildman–Crippen LogP) is 2.70. The van der Waals surface area contributed by atoms with E-state index in [0.717, 1.165) is 10.4 Å². The Bertz CT molecular complexity index is 829. The highest BCUT2D eigenvalue weighted by Crippen LogP contribution is 2.31. The van der Waals surface area contributed by atoms with Gasteiger partial charge in [-0.3, -0.25) is 14.5 Å². The topological polar surface area (TPSA) is 75.9 Å². The van der Waals surface area contributed by atoms with Gasteiger partial charge in [0.15, 0.2) is 0 Å².